The van der Waals surface area contributed by atoms with Crippen LogP contribution in [0.4, 0.5) is 0 Å². The smallest absolute Gasteiger partial charge is 0.234 e. The van der Waals surface area contributed by atoms with Crippen LogP contribution < -0.4 is 5.32 Å². The third kappa shape index (κ3) is 4.58. The molecule has 0 atom stereocenters. The van der Waals surface area contributed by atoms with Crippen molar-refractivity contribution in [1.82, 2.24) is 10.2 Å². The molecule has 5 heteroatoms. The molecule has 0 aromatic carbocycles. The molecule has 1 fully saturated rings. The topological polar surface area (TPSA) is 52.6 Å². The molecule has 0 saturated carbocycles. The van der Waals surface area contributed by atoms with Crippen LogP contribution in [0.5, 0.6) is 0 Å². The molecule has 2 rings (SSSR count). The van der Waals surface area contributed by atoms with Crippen molar-refractivity contribution >= 4 is 17.2 Å². The van der Waals surface area contributed by atoms with Crippen LogP contribution in [0.1, 0.15) is 29.5 Å². The van der Waals surface area contributed by atoms with Gasteiger partial charge in [0.15, 0.2) is 0 Å². The maximum absolute atomic E-state index is 11.9. The second-order valence-electron chi connectivity index (χ2n) is 5.40. The minimum Gasteiger partial charge on any atom is -0.396 e. The molecule has 1 saturated heterocycles. The maximum atomic E-state index is 11.9. The second-order valence-corrected chi connectivity index (χ2v) is 6.65. The minimum absolute atomic E-state index is 0.0962. The zero-order chi connectivity index (χ0) is 14.4. The van der Waals surface area contributed by atoms with E-state index >= 15 is 0 Å². The average molecular weight is 296 g/mol. The van der Waals surface area contributed by atoms with Crippen LogP contribution in [0.3, 0.4) is 0 Å². The number of aliphatic hydroxyl groups is 1. The summed E-state index contributed by atoms with van der Waals surface area (Å²) in [6.07, 6.45) is 3.04. The lowest BCUT2D eigenvalue weighted by atomic mass is 9.98. The first kappa shape index (κ1) is 15.5. The van der Waals surface area contributed by atoms with Crippen molar-refractivity contribution in [2.75, 3.05) is 26.2 Å². The molecule has 1 amide bonds. The molecule has 1 aliphatic heterocycles. The summed E-state index contributed by atoms with van der Waals surface area (Å²) < 4.78 is 0. The number of amides is 1. The van der Waals surface area contributed by atoms with E-state index in [2.05, 4.69) is 29.3 Å². The first-order valence-corrected chi connectivity index (χ1v) is 8.20. The van der Waals surface area contributed by atoms with E-state index in [-0.39, 0.29) is 12.5 Å². The van der Waals surface area contributed by atoms with Crippen LogP contribution in [0.15, 0.2) is 12.1 Å². The lowest BCUT2D eigenvalue weighted by Gasteiger charge is -2.30. The van der Waals surface area contributed by atoms with Crippen molar-refractivity contribution in [3.05, 3.63) is 21.9 Å². The Labute approximate surface area is 124 Å². The SMILES string of the molecule is CCc1ccc(CNC(=O)CN2CCC(CO)CC2)s1. The summed E-state index contributed by atoms with van der Waals surface area (Å²) in [4.78, 5) is 16.7. The lowest BCUT2D eigenvalue weighted by molar-refractivity contribution is -0.122. The summed E-state index contributed by atoms with van der Waals surface area (Å²) >= 11 is 1.77. The van der Waals surface area contributed by atoms with E-state index in [1.54, 1.807) is 11.3 Å². The predicted molar refractivity (Wildman–Crippen MR) is 81.8 cm³/mol. The van der Waals surface area contributed by atoms with Gasteiger partial charge in [0.05, 0.1) is 13.1 Å². The first-order valence-electron chi connectivity index (χ1n) is 7.38. The van der Waals surface area contributed by atoms with Gasteiger partial charge in [0.1, 0.15) is 0 Å². The molecular formula is C15H24N2O2S. The number of likely N-dealkylation sites (tertiary alicyclic amines) is 1. The van der Waals surface area contributed by atoms with Gasteiger partial charge < -0.3 is 10.4 Å². The summed E-state index contributed by atoms with van der Waals surface area (Å²) in [5.74, 6) is 0.520. The van der Waals surface area contributed by atoms with Gasteiger partial charge in [-0.25, -0.2) is 0 Å². The minimum atomic E-state index is 0.0962. The van der Waals surface area contributed by atoms with E-state index in [1.807, 2.05) is 0 Å². The second kappa shape index (κ2) is 7.76. The third-order valence-electron chi connectivity index (χ3n) is 3.86. The summed E-state index contributed by atoms with van der Waals surface area (Å²) in [6, 6.07) is 4.22. The quantitative estimate of drug-likeness (QED) is 0.839. The van der Waals surface area contributed by atoms with Crippen LogP contribution in [0.2, 0.25) is 0 Å². The zero-order valence-electron chi connectivity index (χ0n) is 12.1. The number of nitrogens with zero attached hydrogens (tertiary/aromatic N) is 1. The molecule has 1 aromatic rings. The molecule has 20 heavy (non-hydrogen) atoms. The van der Waals surface area contributed by atoms with Crippen LogP contribution in [0.25, 0.3) is 0 Å². The summed E-state index contributed by atoms with van der Waals surface area (Å²) in [7, 11) is 0. The number of aliphatic hydroxyl groups excluding tert-OH is 1. The van der Waals surface area contributed by atoms with Crippen molar-refractivity contribution in [1.29, 1.82) is 0 Å². The average Bonchev–Trinajstić information content (AvgIpc) is 2.94. The number of aryl methyl sites for hydroxylation is 1. The van der Waals surface area contributed by atoms with Crippen molar-refractivity contribution in [2.45, 2.75) is 32.7 Å². The number of thiophene rings is 1. The van der Waals surface area contributed by atoms with Gasteiger partial charge in [0.2, 0.25) is 5.91 Å². The lowest BCUT2D eigenvalue weighted by Crippen LogP contribution is -2.41. The Hall–Kier alpha value is -0.910. The fourth-order valence-electron chi connectivity index (χ4n) is 2.48. The molecule has 0 radical (unpaired) electrons. The Balaban J connectivity index is 1.68. The monoisotopic (exact) mass is 296 g/mol. The molecule has 0 spiro atoms. The van der Waals surface area contributed by atoms with Gasteiger partial charge in [-0.2, -0.15) is 0 Å². The molecule has 4 nitrogen and oxygen atoms in total. The number of carbonyl (C=O) groups is 1. The summed E-state index contributed by atoms with van der Waals surface area (Å²) in [5.41, 5.74) is 0. The Morgan fingerprint density at radius 2 is 2.10 bits per heavy atom. The highest BCUT2D eigenvalue weighted by molar-refractivity contribution is 7.11. The van der Waals surface area contributed by atoms with Gasteiger partial charge >= 0.3 is 0 Å². The maximum Gasteiger partial charge on any atom is 0.234 e. The van der Waals surface area contributed by atoms with E-state index in [0.29, 0.717) is 19.0 Å². The molecule has 0 aliphatic carbocycles. The molecule has 112 valence electrons. The normalized spacial score (nSPS) is 17.3. The highest BCUT2D eigenvalue weighted by atomic mass is 32.1. The number of nitrogens with one attached hydrogen (secondary N) is 1. The van der Waals surface area contributed by atoms with Gasteiger partial charge in [-0.15, -0.1) is 11.3 Å². The number of carbonyl (C=O) groups excluding carboxylic acids is 1. The summed E-state index contributed by atoms with van der Waals surface area (Å²) in [5, 5.41) is 12.1. The van der Waals surface area contributed by atoms with Crippen molar-refractivity contribution in [3.8, 4) is 0 Å². The van der Waals surface area contributed by atoms with Gasteiger partial charge in [-0.1, -0.05) is 6.92 Å². The van der Waals surface area contributed by atoms with Crippen LogP contribution >= 0.6 is 11.3 Å². The van der Waals surface area contributed by atoms with E-state index in [9.17, 15) is 4.79 Å². The Morgan fingerprint density at radius 3 is 2.70 bits per heavy atom. The molecule has 0 unspecified atom stereocenters. The van der Waals surface area contributed by atoms with Gasteiger partial charge in [0.25, 0.3) is 0 Å². The highest BCUT2D eigenvalue weighted by Crippen LogP contribution is 2.17. The largest absolute Gasteiger partial charge is 0.396 e. The highest BCUT2D eigenvalue weighted by Gasteiger charge is 2.19. The summed E-state index contributed by atoms with van der Waals surface area (Å²) in [6.45, 7) is 5.36. The number of piperidine rings is 1. The molecule has 1 aliphatic rings. The molecule has 1 aromatic heterocycles. The van der Waals surface area contributed by atoms with Crippen molar-refractivity contribution < 1.29 is 9.90 Å². The van der Waals surface area contributed by atoms with E-state index in [0.717, 1.165) is 32.4 Å². The number of rotatable bonds is 6. The van der Waals surface area contributed by atoms with Crippen LogP contribution in [-0.2, 0) is 17.8 Å². The van der Waals surface area contributed by atoms with Crippen molar-refractivity contribution in [3.63, 3.8) is 0 Å². The fourth-order valence-corrected chi connectivity index (χ4v) is 3.38. The zero-order valence-corrected chi connectivity index (χ0v) is 12.9. The van der Waals surface area contributed by atoms with Gasteiger partial charge in [-0.05, 0) is 50.4 Å². The van der Waals surface area contributed by atoms with Gasteiger partial charge in [-0.3, -0.25) is 9.69 Å². The Morgan fingerprint density at radius 1 is 1.40 bits per heavy atom. The van der Waals surface area contributed by atoms with E-state index in [4.69, 9.17) is 5.11 Å². The number of hydrogen-bond acceptors (Lipinski definition) is 4. The Bertz CT molecular complexity index is 425. The predicted octanol–water partition coefficient (Wildman–Crippen LogP) is 1.63. The van der Waals surface area contributed by atoms with Crippen molar-refractivity contribution in [2.24, 2.45) is 5.92 Å². The van der Waals surface area contributed by atoms with Gasteiger partial charge in [0, 0.05) is 16.4 Å². The number of hydrogen-bond donors (Lipinski definition) is 2. The fraction of sp³-hybridized carbons (Fsp3) is 0.667. The van der Waals surface area contributed by atoms with Crippen LogP contribution in [0, 0.1) is 5.92 Å². The van der Waals surface area contributed by atoms with Crippen LogP contribution in [-0.4, -0.2) is 42.2 Å². The molecule has 2 N–H and O–H groups in total. The molecule has 0 bridgehead atoms. The molecular weight excluding hydrogens is 272 g/mol. The Kier molecular flexibility index (Phi) is 6.01. The molecule has 2 heterocycles. The third-order valence-corrected chi connectivity index (χ3v) is 5.09. The van der Waals surface area contributed by atoms with E-state index in [1.165, 1.54) is 9.75 Å². The van der Waals surface area contributed by atoms with E-state index < -0.39 is 0 Å². The standard InChI is InChI=1S/C15H24N2O2S/c1-2-13-3-4-14(20-13)9-16-15(19)10-17-7-5-12(11-18)6-8-17/h3-4,12,18H,2,5-11H2,1H3,(H,16,19). The first-order chi connectivity index (χ1) is 9.71.